The van der Waals surface area contributed by atoms with Gasteiger partial charge in [-0.05, 0) is 29.1 Å². The first kappa shape index (κ1) is 18.1. The van der Waals surface area contributed by atoms with Gasteiger partial charge in [-0.15, -0.1) is 11.3 Å². The third-order valence-electron chi connectivity index (χ3n) is 4.84. The number of hydrogen-bond acceptors (Lipinski definition) is 6. The van der Waals surface area contributed by atoms with Crippen LogP contribution in [0.3, 0.4) is 0 Å². The van der Waals surface area contributed by atoms with E-state index in [0.717, 1.165) is 32.2 Å². The fourth-order valence-electron chi connectivity index (χ4n) is 3.50. The zero-order valence-corrected chi connectivity index (χ0v) is 17.0. The number of benzene rings is 2. The largest absolute Gasteiger partial charge is 0.489 e. The highest BCUT2D eigenvalue weighted by molar-refractivity contribution is 8.00. The van der Waals surface area contributed by atoms with Gasteiger partial charge in [0.1, 0.15) is 28.5 Å². The number of aromatic nitrogens is 2. The summed E-state index contributed by atoms with van der Waals surface area (Å²) in [5.41, 5.74) is 1.86. The van der Waals surface area contributed by atoms with Crippen LogP contribution in [0.15, 0.2) is 77.4 Å². The van der Waals surface area contributed by atoms with Gasteiger partial charge >= 0.3 is 0 Å². The number of ether oxygens (including phenoxy) is 1. The van der Waals surface area contributed by atoms with Crippen molar-refractivity contribution in [3.05, 3.63) is 77.9 Å². The van der Waals surface area contributed by atoms with Gasteiger partial charge in [0.15, 0.2) is 0 Å². The minimum absolute atomic E-state index is 0.0293. The van der Waals surface area contributed by atoms with Crippen molar-refractivity contribution in [2.75, 3.05) is 17.3 Å². The van der Waals surface area contributed by atoms with Crippen molar-refractivity contribution in [1.82, 2.24) is 9.97 Å². The highest BCUT2D eigenvalue weighted by Crippen LogP contribution is 2.40. The van der Waals surface area contributed by atoms with E-state index in [9.17, 15) is 4.79 Å². The number of thioether (sulfide) groups is 1. The molecular formula is C22H17N3O2S2. The minimum atomic E-state index is -0.161. The van der Waals surface area contributed by atoms with Gasteiger partial charge in [-0.25, -0.2) is 9.97 Å². The van der Waals surface area contributed by atoms with Crippen molar-refractivity contribution >= 4 is 44.9 Å². The maximum Gasteiger partial charge on any atom is 0.238 e. The molecule has 0 bridgehead atoms. The summed E-state index contributed by atoms with van der Waals surface area (Å²) in [4.78, 5) is 24.9. The van der Waals surface area contributed by atoms with Gasteiger partial charge in [0.05, 0.1) is 17.5 Å². The van der Waals surface area contributed by atoms with Crippen LogP contribution < -0.4 is 9.64 Å². The molecule has 2 aromatic carbocycles. The maximum absolute atomic E-state index is 13.4. The fourth-order valence-corrected chi connectivity index (χ4v) is 5.14. The molecule has 0 fully saturated rings. The highest BCUT2D eigenvalue weighted by Gasteiger charge is 2.33. The normalized spacial score (nSPS) is 15.7. The maximum atomic E-state index is 13.4. The van der Waals surface area contributed by atoms with Gasteiger partial charge in [-0.2, -0.15) is 0 Å². The number of para-hydroxylation sites is 2. The van der Waals surface area contributed by atoms with E-state index >= 15 is 0 Å². The Balaban J connectivity index is 1.45. The Morgan fingerprint density at radius 1 is 1.10 bits per heavy atom. The predicted octanol–water partition coefficient (Wildman–Crippen LogP) is 4.95. The zero-order chi connectivity index (χ0) is 19.6. The molecule has 1 aliphatic heterocycles. The quantitative estimate of drug-likeness (QED) is 0.346. The Morgan fingerprint density at radius 3 is 2.83 bits per heavy atom. The Morgan fingerprint density at radius 2 is 1.93 bits per heavy atom. The van der Waals surface area contributed by atoms with Gasteiger partial charge in [0.2, 0.25) is 5.91 Å². The molecule has 0 saturated heterocycles. The van der Waals surface area contributed by atoms with Gasteiger partial charge < -0.3 is 4.74 Å². The summed E-state index contributed by atoms with van der Waals surface area (Å²) in [6, 6.07) is 19.6. The van der Waals surface area contributed by atoms with E-state index in [-0.39, 0.29) is 11.9 Å². The van der Waals surface area contributed by atoms with Crippen molar-refractivity contribution in [2.24, 2.45) is 0 Å². The lowest BCUT2D eigenvalue weighted by atomic mass is 10.0. The summed E-state index contributed by atoms with van der Waals surface area (Å²) in [5.74, 6) is 1.06. The summed E-state index contributed by atoms with van der Waals surface area (Å²) < 4.78 is 5.96. The van der Waals surface area contributed by atoms with Crippen LogP contribution in [0, 0.1) is 0 Å². The Hall–Kier alpha value is -2.90. The molecule has 0 unspecified atom stereocenters. The average molecular weight is 420 g/mol. The second-order valence-electron chi connectivity index (χ2n) is 6.58. The molecule has 1 atom stereocenters. The molecule has 0 radical (unpaired) electrons. The standard InChI is InChI=1S/C22H17N3O2S2/c26-20(13-29-22-16-10-11-28-21(16)23-14-24-22)25-17-8-4-5-9-19(17)27-12-18(25)15-6-2-1-3-7-15/h1-11,14,18H,12-13H2/t18-/m0/s1. The molecule has 1 amide bonds. The number of fused-ring (bicyclic) bond motifs is 2. The number of amides is 1. The molecule has 5 nitrogen and oxygen atoms in total. The van der Waals surface area contributed by atoms with Crippen LogP contribution >= 0.6 is 23.1 Å². The SMILES string of the molecule is O=C(CSc1ncnc2sccc12)N1c2ccccc2OC[C@H]1c1ccccc1. The molecule has 2 aromatic heterocycles. The third-order valence-corrected chi connectivity index (χ3v) is 6.65. The highest BCUT2D eigenvalue weighted by atomic mass is 32.2. The summed E-state index contributed by atoms with van der Waals surface area (Å²) in [5, 5.41) is 3.83. The van der Waals surface area contributed by atoms with Crippen LogP contribution in [-0.4, -0.2) is 28.2 Å². The third kappa shape index (κ3) is 3.47. The second kappa shape index (κ2) is 7.85. The molecule has 0 N–H and O–H groups in total. The van der Waals surface area contributed by atoms with Crippen molar-refractivity contribution < 1.29 is 9.53 Å². The fraction of sp³-hybridized carbons (Fsp3) is 0.136. The van der Waals surface area contributed by atoms with Crippen LogP contribution in [0.4, 0.5) is 5.69 Å². The molecule has 0 saturated carbocycles. The van der Waals surface area contributed by atoms with Crippen LogP contribution in [0.2, 0.25) is 0 Å². The van der Waals surface area contributed by atoms with Crippen LogP contribution in [0.5, 0.6) is 5.75 Å². The van der Waals surface area contributed by atoms with Crippen molar-refractivity contribution in [2.45, 2.75) is 11.1 Å². The van der Waals surface area contributed by atoms with Gasteiger partial charge in [-0.1, -0.05) is 54.2 Å². The Kier molecular flexibility index (Phi) is 4.91. The first-order valence-electron chi connectivity index (χ1n) is 9.21. The van der Waals surface area contributed by atoms with Crippen LogP contribution in [0.25, 0.3) is 10.2 Å². The van der Waals surface area contributed by atoms with Crippen LogP contribution in [0.1, 0.15) is 11.6 Å². The van der Waals surface area contributed by atoms with E-state index < -0.39 is 0 Å². The predicted molar refractivity (Wildman–Crippen MR) is 117 cm³/mol. The Labute approximate surface area is 176 Å². The number of thiophene rings is 1. The molecule has 144 valence electrons. The van der Waals surface area contributed by atoms with Crippen molar-refractivity contribution in [1.29, 1.82) is 0 Å². The number of rotatable bonds is 4. The van der Waals surface area contributed by atoms with Crippen LogP contribution in [-0.2, 0) is 4.79 Å². The molecule has 0 aliphatic carbocycles. The number of carbonyl (C=O) groups is 1. The van der Waals surface area contributed by atoms with Crippen molar-refractivity contribution in [3.63, 3.8) is 0 Å². The molecule has 4 aromatic rings. The molecule has 5 rings (SSSR count). The smallest absolute Gasteiger partial charge is 0.238 e. The second-order valence-corrected chi connectivity index (χ2v) is 8.43. The molecule has 0 spiro atoms. The lowest BCUT2D eigenvalue weighted by Gasteiger charge is -2.37. The lowest BCUT2D eigenvalue weighted by molar-refractivity contribution is -0.117. The van der Waals surface area contributed by atoms with Gasteiger partial charge in [0.25, 0.3) is 0 Å². The number of carbonyl (C=O) groups excluding carboxylic acids is 1. The number of hydrogen-bond donors (Lipinski definition) is 0. The molecule has 3 heterocycles. The lowest BCUT2D eigenvalue weighted by Crippen LogP contribution is -2.42. The van der Waals surface area contributed by atoms with E-state index in [2.05, 4.69) is 9.97 Å². The van der Waals surface area contributed by atoms with E-state index in [0.29, 0.717) is 12.4 Å². The zero-order valence-electron chi connectivity index (χ0n) is 15.4. The van der Waals surface area contributed by atoms with Gasteiger partial charge in [-0.3, -0.25) is 9.69 Å². The minimum Gasteiger partial charge on any atom is -0.489 e. The van der Waals surface area contributed by atoms with E-state index in [1.807, 2.05) is 70.9 Å². The summed E-state index contributed by atoms with van der Waals surface area (Å²) in [7, 11) is 0. The first-order valence-corrected chi connectivity index (χ1v) is 11.1. The van der Waals surface area contributed by atoms with E-state index in [4.69, 9.17) is 4.74 Å². The topological polar surface area (TPSA) is 55.3 Å². The summed E-state index contributed by atoms with van der Waals surface area (Å²) in [6.45, 7) is 0.430. The molecule has 1 aliphatic rings. The first-order chi connectivity index (χ1) is 14.3. The molecule has 7 heteroatoms. The van der Waals surface area contributed by atoms with Gasteiger partial charge in [0, 0.05) is 5.39 Å². The molecule has 29 heavy (non-hydrogen) atoms. The van der Waals surface area contributed by atoms with E-state index in [1.165, 1.54) is 11.8 Å². The number of nitrogens with zero attached hydrogens (tertiary/aromatic N) is 3. The number of anilines is 1. The average Bonchev–Trinajstić information content (AvgIpc) is 3.27. The summed E-state index contributed by atoms with van der Waals surface area (Å²) in [6.07, 6.45) is 1.56. The summed E-state index contributed by atoms with van der Waals surface area (Å²) >= 11 is 3.03. The molecular weight excluding hydrogens is 402 g/mol. The van der Waals surface area contributed by atoms with E-state index in [1.54, 1.807) is 17.7 Å². The monoisotopic (exact) mass is 419 g/mol. The Bertz CT molecular complexity index is 1160. The van der Waals surface area contributed by atoms with Crippen molar-refractivity contribution in [3.8, 4) is 5.75 Å².